The van der Waals surface area contributed by atoms with Gasteiger partial charge in [-0.25, -0.2) is 9.59 Å². The highest BCUT2D eigenvalue weighted by atomic mass is 16.5. The molecule has 0 aromatic heterocycles. The number of ether oxygens (including phenoxy) is 1. The fourth-order valence-corrected chi connectivity index (χ4v) is 3.51. The lowest BCUT2D eigenvalue weighted by molar-refractivity contribution is 0.0696. The molecule has 0 radical (unpaired) electrons. The molecule has 0 fully saturated rings. The van der Waals surface area contributed by atoms with Crippen molar-refractivity contribution in [1.29, 1.82) is 0 Å². The molecule has 3 aromatic carbocycles. The van der Waals surface area contributed by atoms with Crippen molar-refractivity contribution < 1.29 is 24.5 Å². The number of aromatic carboxylic acids is 1. The molecule has 6 nitrogen and oxygen atoms in total. The van der Waals surface area contributed by atoms with Gasteiger partial charge in [-0.2, -0.15) is 0 Å². The summed E-state index contributed by atoms with van der Waals surface area (Å²) in [7, 11) is 0. The number of rotatable bonds is 4. The summed E-state index contributed by atoms with van der Waals surface area (Å²) in [5.41, 5.74) is 4.36. The molecular weight excluding hydrogens is 358 g/mol. The van der Waals surface area contributed by atoms with Crippen molar-refractivity contribution in [1.82, 2.24) is 0 Å². The Morgan fingerprint density at radius 1 is 0.929 bits per heavy atom. The number of hydrogen-bond acceptors (Lipinski definition) is 4. The first-order chi connectivity index (χ1) is 13.5. The monoisotopic (exact) mass is 375 g/mol. The first-order valence-corrected chi connectivity index (χ1v) is 8.73. The van der Waals surface area contributed by atoms with E-state index in [1.165, 1.54) is 18.2 Å². The van der Waals surface area contributed by atoms with Gasteiger partial charge in [0.25, 0.3) is 0 Å². The zero-order valence-electron chi connectivity index (χ0n) is 14.8. The number of carboxylic acids is 1. The van der Waals surface area contributed by atoms with Crippen LogP contribution in [0.3, 0.4) is 0 Å². The van der Waals surface area contributed by atoms with Crippen LogP contribution >= 0.6 is 0 Å². The van der Waals surface area contributed by atoms with Crippen molar-refractivity contribution in [3.05, 3.63) is 83.4 Å². The number of anilines is 1. The minimum absolute atomic E-state index is 0.0166. The Morgan fingerprint density at radius 3 is 2.14 bits per heavy atom. The Kier molecular flexibility index (Phi) is 4.45. The second kappa shape index (κ2) is 7.08. The third kappa shape index (κ3) is 3.16. The van der Waals surface area contributed by atoms with Gasteiger partial charge < -0.3 is 14.9 Å². The Hall–Kier alpha value is -3.80. The van der Waals surface area contributed by atoms with Crippen molar-refractivity contribution in [3.8, 4) is 16.9 Å². The fraction of sp³-hybridized carbons (Fsp3) is 0.0909. The van der Waals surface area contributed by atoms with Gasteiger partial charge in [-0.05, 0) is 40.5 Å². The molecule has 1 amide bonds. The molecule has 4 rings (SSSR count). The average molecular weight is 375 g/mol. The van der Waals surface area contributed by atoms with Gasteiger partial charge in [0.15, 0.2) is 0 Å². The van der Waals surface area contributed by atoms with E-state index in [0.29, 0.717) is 0 Å². The van der Waals surface area contributed by atoms with E-state index in [4.69, 9.17) is 9.84 Å². The molecule has 0 aliphatic heterocycles. The Morgan fingerprint density at radius 2 is 1.54 bits per heavy atom. The van der Waals surface area contributed by atoms with Gasteiger partial charge >= 0.3 is 12.1 Å². The molecule has 28 heavy (non-hydrogen) atoms. The van der Waals surface area contributed by atoms with Gasteiger partial charge in [-0.3, -0.25) is 5.32 Å². The van der Waals surface area contributed by atoms with E-state index in [2.05, 4.69) is 5.32 Å². The summed E-state index contributed by atoms with van der Waals surface area (Å²) in [6.07, 6.45) is -0.764. The Balaban J connectivity index is 1.50. The molecule has 1 aliphatic carbocycles. The topological polar surface area (TPSA) is 95.9 Å². The highest BCUT2D eigenvalue weighted by Gasteiger charge is 2.29. The lowest BCUT2D eigenvalue weighted by Gasteiger charge is -2.15. The zero-order valence-corrected chi connectivity index (χ0v) is 14.8. The van der Waals surface area contributed by atoms with Crippen LogP contribution in [0.15, 0.2) is 66.7 Å². The first kappa shape index (κ1) is 17.6. The minimum Gasteiger partial charge on any atom is -0.506 e. The van der Waals surface area contributed by atoms with E-state index < -0.39 is 12.1 Å². The van der Waals surface area contributed by atoms with Crippen LogP contribution < -0.4 is 5.32 Å². The van der Waals surface area contributed by atoms with Crippen LogP contribution in [0, 0.1) is 0 Å². The lowest BCUT2D eigenvalue weighted by Crippen LogP contribution is -2.18. The molecule has 1 aliphatic rings. The third-order valence-electron chi connectivity index (χ3n) is 4.82. The molecule has 0 saturated carbocycles. The predicted octanol–water partition coefficient (Wildman–Crippen LogP) is 4.45. The molecular formula is C22H17NO5. The van der Waals surface area contributed by atoms with Crippen LogP contribution in [0.4, 0.5) is 10.5 Å². The maximum absolute atomic E-state index is 12.2. The summed E-state index contributed by atoms with van der Waals surface area (Å²) < 4.78 is 5.39. The number of carboxylic acid groups (broad SMARTS) is 1. The summed E-state index contributed by atoms with van der Waals surface area (Å²) in [5.74, 6) is -1.48. The number of nitrogens with one attached hydrogen (secondary N) is 1. The number of carbonyl (C=O) groups is 2. The molecule has 0 heterocycles. The second-order valence-electron chi connectivity index (χ2n) is 6.49. The maximum atomic E-state index is 12.2. The van der Waals surface area contributed by atoms with Crippen LogP contribution in [0.1, 0.15) is 27.4 Å². The predicted molar refractivity (Wildman–Crippen MR) is 104 cm³/mol. The van der Waals surface area contributed by atoms with Gasteiger partial charge in [0, 0.05) is 5.92 Å². The van der Waals surface area contributed by atoms with E-state index in [-0.39, 0.29) is 29.5 Å². The molecule has 0 atom stereocenters. The molecule has 0 unspecified atom stereocenters. The highest BCUT2D eigenvalue weighted by molar-refractivity contribution is 5.93. The SMILES string of the molecule is O=C(Nc1cc(C(=O)O)ccc1O)OCC1c2ccccc2-c2ccccc21. The Bertz CT molecular complexity index is 1030. The van der Waals surface area contributed by atoms with Crippen molar-refractivity contribution in [2.45, 2.75) is 5.92 Å². The van der Waals surface area contributed by atoms with E-state index in [9.17, 15) is 14.7 Å². The number of phenols is 1. The standard InChI is InChI=1S/C22H17NO5/c24-20-10-9-13(21(25)26)11-19(20)23-22(27)28-12-18-16-7-3-1-5-14(16)15-6-2-4-8-17(15)18/h1-11,18,24H,12H2,(H,23,27)(H,25,26). The summed E-state index contributed by atoms with van der Waals surface area (Å²) in [6.45, 7) is 0.124. The van der Waals surface area contributed by atoms with E-state index in [1.54, 1.807) is 0 Å². The number of benzene rings is 3. The van der Waals surface area contributed by atoms with E-state index in [1.807, 2.05) is 48.5 Å². The number of carbonyl (C=O) groups excluding carboxylic acids is 1. The summed E-state index contributed by atoms with van der Waals surface area (Å²) in [5, 5.41) is 21.3. The largest absolute Gasteiger partial charge is 0.506 e. The molecule has 6 heteroatoms. The number of hydrogen-bond donors (Lipinski definition) is 3. The second-order valence-corrected chi connectivity index (χ2v) is 6.49. The van der Waals surface area contributed by atoms with E-state index >= 15 is 0 Å². The van der Waals surface area contributed by atoms with Gasteiger partial charge in [-0.15, -0.1) is 0 Å². The number of fused-ring (bicyclic) bond motifs is 3. The lowest BCUT2D eigenvalue weighted by atomic mass is 9.98. The van der Waals surface area contributed by atoms with Crippen LogP contribution in [0.25, 0.3) is 11.1 Å². The third-order valence-corrected chi connectivity index (χ3v) is 4.82. The fourth-order valence-electron chi connectivity index (χ4n) is 3.51. The van der Waals surface area contributed by atoms with E-state index in [0.717, 1.165) is 22.3 Å². The van der Waals surface area contributed by atoms with Crippen LogP contribution in [0.2, 0.25) is 0 Å². The molecule has 0 bridgehead atoms. The van der Waals surface area contributed by atoms with Gasteiger partial charge in [0.05, 0.1) is 11.3 Å². The molecule has 3 aromatic rings. The summed E-state index contributed by atoms with van der Waals surface area (Å²) in [6, 6.07) is 19.6. The first-order valence-electron chi connectivity index (χ1n) is 8.73. The smallest absolute Gasteiger partial charge is 0.411 e. The van der Waals surface area contributed by atoms with Gasteiger partial charge in [0.2, 0.25) is 0 Å². The maximum Gasteiger partial charge on any atom is 0.411 e. The van der Waals surface area contributed by atoms with Crippen LogP contribution in [0.5, 0.6) is 5.75 Å². The van der Waals surface area contributed by atoms with Crippen molar-refractivity contribution in [2.24, 2.45) is 0 Å². The molecule has 0 spiro atoms. The quantitative estimate of drug-likeness (QED) is 0.586. The Labute approximate surface area is 161 Å². The normalized spacial score (nSPS) is 12.1. The number of phenolic OH excluding ortho intramolecular Hbond substituents is 1. The van der Waals surface area contributed by atoms with Gasteiger partial charge in [-0.1, -0.05) is 48.5 Å². The van der Waals surface area contributed by atoms with Gasteiger partial charge in [0.1, 0.15) is 12.4 Å². The number of aromatic hydroxyl groups is 1. The van der Waals surface area contributed by atoms with Crippen molar-refractivity contribution in [3.63, 3.8) is 0 Å². The highest BCUT2D eigenvalue weighted by Crippen LogP contribution is 2.44. The summed E-state index contributed by atoms with van der Waals surface area (Å²) in [4.78, 5) is 23.3. The molecule has 140 valence electrons. The zero-order chi connectivity index (χ0) is 19.7. The molecule has 3 N–H and O–H groups in total. The average Bonchev–Trinajstić information content (AvgIpc) is 3.02. The van der Waals surface area contributed by atoms with Crippen LogP contribution in [-0.2, 0) is 4.74 Å². The molecule has 0 saturated heterocycles. The van der Waals surface area contributed by atoms with Crippen LogP contribution in [-0.4, -0.2) is 28.9 Å². The number of amides is 1. The summed E-state index contributed by atoms with van der Waals surface area (Å²) >= 11 is 0. The minimum atomic E-state index is -1.16. The van der Waals surface area contributed by atoms with Crippen molar-refractivity contribution >= 4 is 17.7 Å². The van der Waals surface area contributed by atoms with Crippen molar-refractivity contribution in [2.75, 3.05) is 11.9 Å².